The Bertz CT molecular complexity index is 176. The number of rotatable bonds is 4. The number of nitrogens with zero attached hydrogens (tertiary/aromatic N) is 1. The van der Waals surface area contributed by atoms with Crippen molar-refractivity contribution >= 4 is 0 Å². The maximum atomic E-state index is 6.18. The van der Waals surface area contributed by atoms with E-state index >= 15 is 0 Å². The van der Waals surface area contributed by atoms with Gasteiger partial charge in [0.1, 0.15) is 0 Å². The third-order valence-corrected chi connectivity index (χ3v) is 3.76. The number of methoxy groups -OCH3 is 1. The fourth-order valence-electron chi connectivity index (χ4n) is 2.36. The first-order valence-electron chi connectivity index (χ1n) is 6.08. The molecular formula is C12H26N2O. The third-order valence-electron chi connectivity index (χ3n) is 3.76. The predicted molar refractivity (Wildman–Crippen MR) is 63.9 cm³/mol. The molecule has 2 atom stereocenters. The zero-order valence-electron chi connectivity index (χ0n) is 10.6. The van der Waals surface area contributed by atoms with E-state index < -0.39 is 0 Å². The SMILES string of the molecule is COC(C)C(N)C1CCN(C(C)C)CC1. The highest BCUT2D eigenvalue weighted by Crippen LogP contribution is 2.23. The molecule has 2 N–H and O–H groups in total. The van der Waals surface area contributed by atoms with Crippen LogP contribution in [-0.4, -0.2) is 43.3 Å². The summed E-state index contributed by atoms with van der Waals surface area (Å²) in [4.78, 5) is 2.53. The lowest BCUT2D eigenvalue weighted by molar-refractivity contribution is 0.0524. The number of likely N-dealkylation sites (tertiary alicyclic amines) is 1. The molecule has 1 aliphatic heterocycles. The van der Waals surface area contributed by atoms with Crippen LogP contribution in [0.1, 0.15) is 33.6 Å². The molecule has 0 bridgehead atoms. The Morgan fingerprint density at radius 1 is 1.20 bits per heavy atom. The largest absolute Gasteiger partial charge is 0.380 e. The summed E-state index contributed by atoms with van der Waals surface area (Å²) in [5.41, 5.74) is 6.18. The molecule has 0 aliphatic carbocycles. The van der Waals surface area contributed by atoms with Crippen molar-refractivity contribution in [3.8, 4) is 0 Å². The van der Waals surface area contributed by atoms with Gasteiger partial charge in [0.25, 0.3) is 0 Å². The average molecular weight is 214 g/mol. The average Bonchev–Trinajstić information content (AvgIpc) is 2.27. The molecule has 0 aromatic carbocycles. The summed E-state index contributed by atoms with van der Waals surface area (Å²) in [7, 11) is 1.74. The lowest BCUT2D eigenvalue weighted by atomic mass is 9.87. The van der Waals surface area contributed by atoms with Crippen LogP contribution in [0.5, 0.6) is 0 Å². The Hall–Kier alpha value is -0.120. The van der Waals surface area contributed by atoms with Crippen LogP contribution in [0.2, 0.25) is 0 Å². The first-order chi connectivity index (χ1) is 7.06. The number of nitrogens with two attached hydrogens (primary N) is 1. The molecule has 1 heterocycles. The number of ether oxygens (including phenoxy) is 1. The van der Waals surface area contributed by atoms with E-state index in [1.165, 1.54) is 25.9 Å². The second-order valence-electron chi connectivity index (χ2n) is 4.99. The van der Waals surface area contributed by atoms with Crippen molar-refractivity contribution in [1.82, 2.24) is 4.90 Å². The molecule has 0 aromatic rings. The minimum absolute atomic E-state index is 0.181. The van der Waals surface area contributed by atoms with E-state index in [0.717, 1.165) is 0 Å². The Labute approximate surface area is 94.0 Å². The van der Waals surface area contributed by atoms with Gasteiger partial charge < -0.3 is 15.4 Å². The number of piperidine rings is 1. The Kier molecular flexibility index (Phi) is 5.03. The van der Waals surface area contributed by atoms with Gasteiger partial charge in [-0.05, 0) is 52.6 Å². The molecule has 1 aliphatic rings. The van der Waals surface area contributed by atoms with E-state index in [1.807, 2.05) is 0 Å². The lowest BCUT2D eigenvalue weighted by Crippen LogP contribution is -2.47. The Balaban J connectivity index is 2.36. The van der Waals surface area contributed by atoms with Gasteiger partial charge in [-0.15, -0.1) is 0 Å². The Morgan fingerprint density at radius 3 is 2.13 bits per heavy atom. The van der Waals surface area contributed by atoms with Gasteiger partial charge in [-0.25, -0.2) is 0 Å². The molecule has 0 spiro atoms. The molecule has 15 heavy (non-hydrogen) atoms. The first kappa shape index (κ1) is 12.9. The first-order valence-corrected chi connectivity index (χ1v) is 6.08. The van der Waals surface area contributed by atoms with E-state index in [4.69, 9.17) is 10.5 Å². The summed E-state index contributed by atoms with van der Waals surface area (Å²) >= 11 is 0. The molecule has 3 nitrogen and oxygen atoms in total. The van der Waals surface area contributed by atoms with Gasteiger partial charge in [-0.3, -0.25) is 0 Å². The highest BCUT2D eigenvalue weighted by Gasteiger charge is 2.28. The summed E-state index contributed by atoms with van der Waals surface area (Å²) in [6.07, 6.45) is 2.61. The summed E-state index contributed by atoms with van der Waals surface area (Å²) < 4.78 is 5.30. The highest BCUT2D eigenvalue weighted by atomic mass is 16.5. The van der Waals surface area contributed by atoms with Gasteiger partial charge in [-0.1, -0.05) is 0 Å². The maximum Gasteiger partial charge on any atom is 0.0696 e. The van der Waals surface area contributed by atoms with E-state index in [0.29, 0.717) is 12.0 Å². The molecule has 90 valence electrons. The topological polar surface area (TPSA) is 38.5 Å². The number of hydrogen-bond donors (Lipinski definition) is 1. The number of hydrogen-bond acceptors (Lipinski definition) is 3. The van der Waals surface area contributed by atoms with Crippen LogP contribution in [0.4, 0.5) is 0 Å². The zero-order valence-corrected chi connectivity index (χ0v) is 10.6. The summed E-state index contributed by atoms with van der Waals surface area (Å²) in [6, 6.07) is 0.867. The standard InChI is InChI=1S/C12H26N2O/c1-9(2)14-7-5-11(6-8-14)12(13)10(3)15-4/h9-12H,5-8,13H2,1-4H3. The lowest BCUT2D eigenvalue weighted by Gasteiger charge is -2.38. The van der Waals surface area contributed by atoms with Crippen molar-refractivity contribution in [3.63, 3.8) is 0 Å². The van der Waals surface area contributed by atoms with Crippen LogP contribution in [0.25, 0.3) is 0 Å². The minimum Gasteiger partial charge on any atom is -0.380 e. The molecule has 3 heteroatoms. The van der Waals surface area contributed by atoms with Crippen molar-refractivity contribution in [1.29, 1.82) is 0 Å². The van der Waals surface area contributed by atoms with Gasteiger partial charge in [0.2, 0.25) is 0 Å². The molecule has 1 rings (SSSR count). The molecular weight excluding hydrogens is 188 g/mol. The zero-order chi connectivity index (χ0) is 11.4. The van der Waals surface area contributed by atoms with Crippen molar-refractivity contribution in [3.05, 3.63) is 0 Å². The monoisotopic (exact) mass is 214 g/mol. The minimum atomic E-state index is 0.181. The van der Waals surface area contributed by atoms with Gasteiger partial charge in [0.15, 0.2) is 0 Å². The third kappa shape index (κ3) is 3.44. The van der Waals surface area contributed by atoms with Crippen molar-refractivity contribution in [2.45, 2.75) is 51.8 Å². The molecule has 1 fully saturated rings. The fourth-order valence-corrected chi connectivity index (χ4v) is 2.36. The van der Waals surface area contributed by atoms with Gasteiger partial charge >= 0.3 is 0 Å². The molecule has 0 radical (unpaired) electrons. The van der Waals surface area contributed by atoms with Crippen LogP contribution < -0.4 is 5.73 Å². The van der Waals surface area contributed by atoms with E-state index in [1.54, 1.807) is 7.11 Å². The quantitative estimate of drug-likeness (QED) is 0.770. The van der Waals surface area contributed by atoms with Crippen LogP contribution in [0, 0.1) is 5.92 Å². The van der Waals surface area contributed by atoms with Crippen LogP contribution >= 0.6 is 0 Å². The van der Waals surface area contributed by atoms with E-state index in [-0.39, 0.29) is 12.1 Å². The van der Waals surface area contributed by atoms with E-state index in [2.05, 4.69) is 25.7 Å². The normalized spacial score (nSPS) is 24.4. The van der Waals surface area contributed by atoms with Crippen molar-refractivity contribution < 1.29 is 4.74 Å². The highest BCUT2D eigenvalue weighted by molar-refractivity contribution is 4.84. The Morgan fingerprint density at radius 2 is 1.73 bits per heavy atom. The maximum absolute atomic E-state index is 6.18. The predicted octanol–water partition coefficient (Wildman–Crippen LogP) is 1.47. The van der Waals surface area contributed by atoms with Crippen molar-refractivity contribution in [2.75, 3.05) is 20.2 Å². The summed E-state index contributed by atoms with van der Waals surface area (Å²) in [5, 5.41) is 0. The van der Waals surface area contributed by atoms with Gasteiger partial charge in [-0.2, -0.15) is 0 Å². The van der Waals surface area contributed by atoms with Gasteiger partial charge in [0.05, 0.1) is 6.10 Å². The molecule has 0 saturated carbocycles. The molecule has 0 aromatic heterocycles. The second kappa shape index (κ2) is 5.83. The summed E-state index contributed by atoms with van der Waals surface area (Å²) in [6.45, 7) is 8.97. The molecule has 1 saturated heterocycles. The fraction of sp³-hybridized carbons (Fsp3) is 1.00. The van der Waals surface area contributed by atoms with Crippen LogP contribution in [0.15, 0.2) is 0 Å². The van der Waals surface area contributed by atoms with Gasteiger partial charge in [0, 0.05) is 19.2 Å². The van der Waals surface area contributed by atoms with E-state index in [9.17, 15) is 0 Å². The summed E-state index contributed by atoms with van der Waals surface area (Å²) in [5.74, 6) is 0.634. The van der Waals surface area contributed by atoms with Crippen LogP contribution in [0.3, 0.4) is 0 Å². The molecule has 2 unspecified atom stereocenters. The van der Waals surface area contributed by atoms with Crippen LogP contribution in [-0.2, 0) is 4.74 Å². The van der Waals surface area contributed by atoms with Crippen molar-refractivity contribution in [2.24, 2.45) is 11.7 Å². The molecule has 0 amide bonds. The smallest absolute Gasteiger partial charge is 0.0696 e. The second-order valence-corrected chi connectivity index (χ2v) is 4.99.